The fourth-order valence-electron chi connectivity index (χ4n) is 0.794. The number of nitrogens with one attached hydrogen (secondary N) is 1. The molecule has 0 aromatic heterocycles. The predicted molar refractivity (Wildman–Crippen MR) is 49.6 cm³/mol. The van der Waals surface area contributed by atoms with Gasteiger partial charge in [-0.25, -0.2) is 0 Å². The van der Waals surface area contributed by atoms with E-state index in [9.17, 15) is 4.79 Å². The fraction of sp³-hybridized carbons (Fsp3) is 0.667. The molecule has 12 heavy (non-hydrogen) atoms. The smallest absolute Gasteiger partial charge is 0.220 e. The second kappa shape index (κ2) is 6.68. The van der Waals surface area contributed by atoms with Crippen molar-refractivity contribution in [2.45, 2.75) is 12.8 Å². The van der Waals surface area contributed by atoms with Crippen molar-refractivity contribution in [1.29, 1.82) is 0 Å². The first-order valence-corrected chi connectivity index (χ1v) is 4.01. The lowest BCUT2D eigenvalue weighted by molar-refractivity contribution is -0.120. The first-order valence-electron chi connectivity index (χ1n) is 4.01. The largest absolute Gasteiger partial charge is 0.345 e. The van der Waals surface area contributed by atoms with E-state index in [4.69, 9.17) is 6.42 Å². The van der Waals surface area contributed by atoms with E-state index in [0.29, 0.717) is 13.0 Å². The standard InChI is InChI=1S/C9H16N2O/c1-4-7-10-9(12)6-5-8-11(2)3/h1H,5-8H2,2-3H3,(H,10,12). The number of carbonyl (C=O) groups excluding carboxylic acids is 1. The molecule has 1 N–H and O–H groups in total. The highest BCUT2D eigenvalue weighted by atomic mass is 16.1. The van der Waals surface area contributed by atoms with Crippen molar-refractivity contribution in [3.63, 3.8) is 0 Å². The Kier molecular flexibility index (Phi) is 6.12. The minimum Gasteiger partial charge on any atom is -0.345 e. The monoisotopic (exact) mass is 168 g/mol. The van der Waals surface area contributed by atoms with Gasteiger partial charge < -0.3 is 10.2 Å². The third-order valence-electron chi connectivity index (χ3n) is 1.40. The van der Waals surface area contributed by atoms with Crippen LogP contribution in [0.3, 0.4) is 0 Å². The Labute approximate surface area is 74.1 Å². The summed E-state index contributed by atoms with van der Waals surface area (Å²) in [6, 6.07) is 0. The summed E-state index contributed by atoms with van der Waals surface area (Å²) in [5.41, 5.74) is 0. The highest BCUT2D eigenvalue weighted by molar-refractivity contribution is 5.76. The SMILES string of the molecule is C#CCNC(=O)CCCN(C)C. The fourth-order valence-corrected chi connectivity index (χ4v) is 0.794. The van der Waals surface area contributed by atoms with Crippen LogP contribution in [0, 0.1) is 12.3 Å². The zero-order valence-corrected chi connectivity index (χ0v) is 7.76. The molecule has 3 nitrogen and oxygen atoms in total. The lowest BCUT2D eigenvalue weighted by atomic mass is 10.3. The van der Waals surface area contributed by atoms with Crippen LogP contribution in [-0.4, -0.2) is 38.0 Å². The van der Waals surface area contributed by atoms with E-state index >= 15 is 0 Å². The van der Waals surface area contributed by atoms with Crippen LogP contribution < -0.4 is 5.32 Å². The Bertz CT molecular complexity index is 170. The molecule has 0 aromatic carbocycles. The normalized spacial score (nSPS) is 9.50. The molecule has 3 heteroatoms. The van der Waals surface area contributed by atoms with Crippen LogP contribution in [0.4, 0.5) is 0 Å². The molecule has 0 unspecified atom stereocenters. The van der Waals surface area contributed by atoms with Crippen molar-refractivity contribution in [3.05, 3.63) is 0 Å². The van der Waals surface area contributed by atoms with E-state index < -0.39 is 0 Å². The quantitative estimate of drug-likeness (QED) is 0.589. The number of terminal acetylenes is 1. The van der Waals surface area contributed by atoms with Crippen LogP contribution >= 0.6 is 0 Å². The summed E-state index contributed by atoms with van der Waals surface area (Å²) in [7, 11) is 3.97. The van der Waals surface area contributed by atoms with Crippen LogP contribution in [0.25, 0.3) is 0 Å². The molecule has 0 saturated heterocycles. The Morgan fingerprint density at radius 3 is 2.75 bits per heavy atom. The van der Waals surface area contributed by atoms with Crippen LogP contribution in [0.1, 0.15) is 12.8 Å². The van der Waals surface area contributed by atoms with Gasteiger partial charge in [-0.05, 0) is 27.1 Å². The van der Waals surface area contributed by atoms with Crippen molar-refractivity contribution in [2.24, 2.45) is 0 Å². The summed E-state index contributed by atoms with van der Waals surface area (Å²) in [6.07, 6.45) is 6.41. The summed E-state index contributed by atoms with van der Waals surface area (Å²) < 4.78 is 0. The number of nitrogens with zero attached hydrogens (tertiary/aromatic N) is 1. The van der Waals surface area contributed by atoms with Crippen molar-refractivity contribution in [1.82, 2.24) is 10.2 Å². The molecule has 0 atom stereocenters. The van der Waals surface area contributed by atoms with Gasteiger partial charge in [0, 0.05) is 6.42 Å². The number of rotatable bonds is 5. The second-order valence-electron chi connectivity index (χ2n) is 2.89. The summed E-state index contributed by atoms with van der Waals surface area (Å²) in [5.74, 6) is 2.39. The van der Waals surface area contributed by atoms with Gasteiger partial charge in [0.2, 0.25) is 5.91 Å². The summed E-state index contributed by atoms with van der Waals surface area (Å²) >= 11 is 0. The van der Waals surface area contributed by atoms with Crippen molar-refractivity contribution in [3.8, 4) is 12.3 Å². The molecule has 0 aromatic rings. The highest BCUT2D eigenvalue weighted by Gasteiger charge is 1.98. The molecule has 0 spiro atoms. The maximum atomic E-state index is 11.0. The number of hydrogen-bond acceptors (Lipinski definition) is 2. The van der Waals surface area contributed by atoms with Gasteiger partial charge in [-0.3, -0.25) is 4.79 Å². The number of carbonyl (C=O) groups is 1. The molecule has 0 saturated carbocycles. The lowest BCUT2D eigenvalue weighted by Crippen LogP contribution is -2.24. The Balaban J connectivity index is 3.27. The molecule has 0 aliphatic rings. The van der Waals surface area contributed by atoms with Gasteiger partial charge in [-0.2, -0.15) is 0 Å². The van der Waals surface area contributed by atoms with E-state index in [-0.39, 0.29) is 5.91 Å². The van der Waals surface area contributed by atoms with Gasteiger partial charge >= 0.3 is 0 Å². The van der Waals surface area contributed by atoms with Crippen LogP contribution in [0.5, 0.6) is 0 Å². The van der Waals surface area contributed by atoms with Crippen molar-refractivity contribution in [2.75, 3.05) is 27.2 Å². The summed E-state index contributed by atoms with van der Waals surface area (Å²) in [6.45, 7) is 1.27. The summed E-state index contributed by atoms with van der Waals surface area (Å²) in [4.78, 5) is 13.0. The minimum absolute atomic E-state index is 0.0369. The molecule has 1 amide bonds. The third-order valence-corrected chi connectivity index (χ3v) is 1.40. The molecular formula is C9H16N2O. The van der Waals surface area contributed by atoms with Crippen molar-refractivity contribution < 1.29 is 4.79 Å². The second-order valence-corrected chi connectivity index (χ2v) is 2.89. The zero-order valence-electron chi connectivity index (χ0n) is 7.76. The maximum absolute atomic E-state index is 11.0. The maximum Gasteiger partial charge on any atom is 0.220 e. The lowest BCUT2D eigenvalue weighted by Gasteiger charge is -2.08. The molecule has 0 aliphatic carbocycles. The number of hydrogen-bond donors (Lipinski definition) is 1. The average Bonchev–Trinajstić information content (AvgIpc) is 2.00. The van der Waals surface area contributed by atoms with E-state index in [1.165, 1.54) is 0 Å². The van der Waals surface area contributed by atoms with Gasteiger partial charge in [-0.1, -0.05) is 5.92 Å². The molecule has 0 radical (unpaired) electrons. The van der Waals surface area contributed by atoms with Gasteiger partial charge in [-0.15, -0.1) is 6.42 Å². The van der Waals surface area contributed by atoms with Gasteiger partial charge in [0.05, 0.1) is 6.54 Å². The van der Waals surface area contributed by atoms with Gasteiger partial charge in [0.15, 0.2) is 0 Å². The van der Waals surface area contributed by atoms with Gasteiger partial charge in [0.25, 0.3) is 0 Å². The average molecular weight is 168 g/mol. The molecular weight excluding hydrogens is 152 g/mol. The molecule has 68 valence electrons. The molecule has 0 heterocycles. The molecule has 0 bridgehead atoms. The minimum atomic E-state index is 0.0369. The Morgan fingerprint density at radius 2 is 2.25 bits per heavy atom. The Hall–Kier alpha value is -1.01. The number of amides is 1. The topological polar surface area (TPSA) is 32.3 Å². The van der Waals surface area contributed by atoms with E-state index in [1.54, 1.807) is 0 Å². The molecule has 0 rings (SSSR count). The Morgan fingerprint density at radius 1 is 1.58 bits per heavy atom. The van der Waals surface area contributed by atoms with E-state index in [1.807, 2.05) is 14.1 Å². The van der Waals surface area contributed by atoms with Gasteiger partial charge in [0.1, 0.15) is 0 Å². The summed E-state index contributed by atoms with van der Waals surface area (Å²) in [5, 5.41) is 2.61. The third kappa shape index (κ3) is 7.10. The van der Waals surface area contributed by atoms with Crippen LogP contribution in [0.15, 0.2) is 0 Å². The van der Waals surface area contributed by atoms with Crippen LogP contribution in [0.2, 0.25) is 0 Å². The van der Waals surface area contributed by atoms with E-state index in [0.717, 1.165) is 13.0 Å². The predicted octanol–water partition coefficient (Wildman–Crippen LogP) is 0.0776. The van der Waals surface area contributed by atoms with E-state index in [2.05, 4.69) is 16.1 Å². The zero-order chi connectivity index (χ0) is 9.40. The molecule has 0 aliphatic heterocycles. The molecule has 0 fully saturated rings. The van der Waals surface area contributed by atoms with Crippen LogP contribution in [-0.2, 0) is 4.79 Å². The first kappa shape index (κ1) is 11.0. The first-order chi connectivity index (χ1) is 5.66. The van der Waals surface area contributed by atoms with Crippen molar-refractivity contribution >= 4 is 5.91 Å². The highest BCUT2D eigenvalue weighted by Crippen LogP contribution is 1.89.